The highest BCUT2D eigenvalue weighted by Crippen LogP contribution is 2.25. The van der Waals surface area contributed by atoms with Crippen LogP contribution >= 0.6 is 0 Å². The number of nitrogens with zero attached hydrogens (tertiary/aromatic N) is 1. The van der Waals surface area contributed by atoms with E-state index in [0.29, 0.717) is 0 Å². The number of nitrogens with one attached hydrogen (secondary N) is 1. The summed E-state index contributed by atoms with van der Waals surface area (Å²) in [4.78, 5) is 2.39. The van der Waals surface area contributed by atoms with Gasteiger partial charge in [-0.3, -0.25) is 0 Å². The van der Waals surface area contributed by atoms with Gasteiger partial charge in [0, 0.05) is 30.9 Å². The topological polar surface area (TPSA) is 15.3 Å². The molecule has 0 atom stereocenters. The lowest BCUT2D eigenvalue weighted by molar-refractivity contribution is 0.398. The summed E-state index contributed by atoms with van der Waals surface area (Å²) < 4.78 is 0. The highest BCUT2D eigenvalue weighted by Gasteiger charge is 2.25. The molecule has 2 heteroatoms. The van der Waals surface area contributed by atoms with E-state index in [1.165, 1.54) is 11.3 Å². The predicted octanol–water partition coefficient (Wildman–Crippen LogP) is 2.56. The molecule has 2 nitrogen and oxygen atoms in total. The average molecular weight is 216 g/mol. The van der Waals surface area contributed by atoms with Crippen molar-refractivity contribution in [3.05, 3.63) is 42.5 Å². The summed E-state index contributed by atoms with van der Waals surface area (Å²) in [6.45, 7) is 11.2. The van der Waals surface area contributed by atoms with Crippen molar-refractivity contribution < 1.29 is 0 Å². The summed E-state index contributed by atoms with van der Waals surface area (Å²) >= 11 is 0. The zero-order valence-electron chi connectivity index (χ0n) is 10.2. The van der Waals surface area contributed by atoms with Crippen LogP contribution in [0, 0.1) is 0 Å². The first-order valence-electron chi connectivity index (χ1n) is 5.81. The fourth-order valence-corrected chi connectivity index (χ4v) is 2.24. The molecule has 0 aromatic heterocycles. The minimum absolute atomic E-state index is 0.141. The van der Waals surface area contributed by atoms with E-state index in [4.69, 9.17) is 0 Å². The van der Waals surface area contributed by atoms with Crippen LogP contribution in [-0.4, -0.2) is 18.6 Å². The second-order valence-electron chi connectivity index (χ2n) is 5.04. The Labute approximate surface area is 98.0 Å². The van der Waals surface area contributed by atoms with Gasteiger partial charge in [-0.1, -0.05) is 24.3 Å². The van der Waals surface area contributed by atoms with E-state index < -0.39 is 0 Å². The Morgan fingerprint density at radius 1 is 1.44 bits per heavy atom. The Morgan fingerprint density at radius 3 is 2.94 bits per heavy atom. The first-order chi connectivity index (χ1) is 7.62. The lowest BCUT2D eigenvalue weighted by Crippen LogP contribution is -2.46. The van der Waals surface area contributed by atoms with E-state index in [1.54, 1.807) is 0 Å². The molecular formula is C14H20N2. The number of rotatable bonds is 2. The third kappa shape index (κ3) is 2.27. The summed E-state index contributed by atoms with van der Waals surface area (Å²) in [5, 5.41) is 3.59. The zero-order valence-corrected chi connectivity index (χ0v) is 10.2. The monoisotopic (exact) mass is 216 g/mol. The Hall–Kier alpha value is -1.28. The lowest BCUT2D eigenvalue weighted by atomic mass is 10.1. The highest BCUT2D eigenvalue weighted by molar-refractivity contribution is 5.55. The van der Waals surface area contributed by atoms with E-state index in [1.807, 2.05) is 6.08 Å². The van der Waals surface area contributed by atoms with Gasteiger partial charge in [0.1, 0.15) is 0 Å². The molecule has 0 spiro atoms. The second-order valence-corrected chi connectivity index (χ2v) is 5.04. The molecule has 1 aliphatic rings. The molecule has 0 saturated heterocycles. The van der Waals surface area contributed by atoms with E-state index in [2.05, 4.69) is 54.9 Å². The van der Waals surface area contributed by atoms with Gasteiger partial charge < -0.3 is 10.2 Å². The summed E-state index contributed by atoms with van der Waals surface area (Å²) in [5.41, 5.74) is 2.84. The fraction of sp³-hybridized carbons (Fsp3) is 0.429. The first-order valence-corrected chi connectivity index (χ1v) is 5.81. The Bertz CT molecular complexity index is 382. The molecule has 0 bridgehead atoms. The van der Waals surface area contributed by atoms with Gasteiger partial charge in [-0.05, 0) is 25.5 Å². The number of fused-ring (bicyclic) bond motifs is 1. The quantitative estimate of drug-likeness (QED) is 0.764. The maximum Gasteiger partial charge on any atom is 0.0415 e. The largest absolute Gasteiger partial charge is 0.366 e. The molecule has 86 valence electrons. The minimum atomic E-state index is 0.141. The van der Waals surface area contributed by atoms with Gasteiger partial charge in [-0.25, -0.2) is 0 Å². The molecule has 2 rings (SSSR count). The molecule has 16 heavy (non-hydrogen) atoms. The van der Waals surface area contributed by atoms with E-state index >= 15 is 0 Å². The number of benzene rings is 1. The van der Waals surface area contributed by atoms with Crippen molar-refractivity contribution in [1.29, 1.82) is 0 Å². The van der Waals surface area contributed by atoms with Crippen molar-refractivity contribution in [2.75, 3.05) is 18.0 Å². The third-order valence-corrected chi connectivity index (χ3v) is 3.03. The molecule has 0 fully saturated rings. The normalized spacial score (nSPS) is 18.8. The number of anilines is 1. The van der Waals surface area contributed by atoms with Crippen molar-refractivity contribution in [1.82, 2.24) is 5.32 Å². The second kappa shape index (κ2) is 4.30. The van der Waals surface area contributed by atoms with E-state index in [-0.39, 0.29) is 5.54 Å². The van der Waals surface area contributed by atoms with E-state index in [9.17, 15) is 0 Å². The fourth-order valence-electron chi connectivity index (χ4n) is 2.24. The first kappa shape index (κ1) is 11.2. The van der Waals surface area contributed by atoms with Crippen LogP contribution in [-0.2, 0) is 6.54 Å². The van der Waals surface area contributed by atoms with Crippen molar-refractivity contribution in [3.63, 3.8) is 0 Å². The van der Waals surface area contributed by atoms with Crippen LogP contribution in [0.5, 0.6) is 0 Å². The third-order valence-electron chi connectivity index (χ3n) is 3.03. The summed E-state index contributed by atoms with van der Waals surface area (Å²) in [6, 6.07) is 8.60. The molecule has 0 aliphatic carbocycles. The summed E-state index contributed by atoms with van der Waals surface area (Å²) in [6.07, 6.45) is 1.97. The van der Waals surface area contributed by atoms with Crippen molar-refractivity contribution in [3.8, 4) is 0 Å². The van der Waals surface area contributed by atoms with Crippen LogP contribution in [0.25, 0.3) is 0 Å². The van der Waals surface area contributed by atoms with Gasteiger partial charge in [-0.2, -0.15) is 0 Å². The summed E-state index contributed by atoms with van der Waals surface area (Å²) in [5.74, 6) is 0. The SMILES string of the molecule is C=CCN1CC(C)(C)NCc2ccccc21. The smallest absolute Gasteiger partial charge is 0.0415 e. The predicted molar refractivity (Wildman–Crippen MR) is 69.8 cm³/mol. The molecule has 1 aromatic rings. The van der Waals surface area contributed by atoms with Gasteiger partial charge in [0.2, 0.25) is 0 Å². The average Bonchev–Trinajstić information content (AvgIpc) is 2.38. The van der Waals surface area contributed by atoms with E-state index in [0.717, 1.165) is 19.6 Å². The summed E-state index contributed by atoms with van der Waals surface area (Å²) in [7, 11) is 0. The van der Waals surface area contributed by atoms with Gasteiger partial charge in [0.25, 0.3) is 0 Å². The molecule has 1 aliphatic heterocycles. The molecule has 0 unspecified atom stereocenters. The number of hydrogen-bond acceptors (Lipinski definition) is 2. The molecule has 0 radical (unpaired) electrons. The maximum absolute atomic E-state index is 3.84. The Balaban J connectivity index is 2.36. The van der Waals surface area contributed by atoms with Crippen molar-refractivity contribution in [2.24, 2.45) is 0 Å². The standard InChI is InChI=1S/C14H20N2/c1-4-9-16-11-14(2,3)15-10-12-7-5-6-8-13(12)16/h4-8,15H,1,9-11H2,2-3H3. The van der Waals surface area contributed by atoms with Gasteiger partial charge >= 0.3 is 0 Å². The minimum Gasteiger partial charge on any atom is -0.366 e. The van der Waals surface area contributed by atoms with Crippen LogP contribution in [0.15, 0.2) is 36.9 Å². The molecular weight excluding hydrogens is 196 g/mol. The highest BCUT2D eigenvalue weighted by atomic mass is 15.2. The zero-order chi connectivity index (χ0) is 11.6. The van der Waals surface area contributed by atoms with Crippen LogP contribution in [0.1, 0.15) is 19.4 Å². The number of para-hydroxylation sites is 1. The van der Waals surface area contributed by atoms with Crippen LogP contribution in [0.2, 0.25) is 0 Å². The number of hydrogen-bond donors (Lipinski definition) is 1. The van der Waals surface area contributed by atoms with Crippen molar-refractivity contribution >= 4 is 5.69 Å². The molecule has 0 amide bonds. The molecule has 1 aromatic carbocycles. The van der Waals surface area contributed by atoms with Crippen LogP contribution in [0.4, 0.5) is 5.69 Å². The molecule has 1 heterocycles. The van der Waals surface area contributed by atoms with Crippen molar-refractivity contribution in [2.45, 2.75) is 25.9 Å². The van der Waals surface area contributed by atoms with Gasteiger partial charge in [-0.15, -0.1) is 6.58 Å². The van der Waals surface area contributed by atoms with Crippen LogP contribution in [0.3, 0.4) is 0 Å². The Kier molecular flexibility index (Phi) is 3.01. The maximum atomic E-state index is 3.84. The lowest BCUT2D eigenvalue weighted by Gasteiger charge is -2.31. The Morgan fingerprint density at radius 2 is 2.19 bits per heavy atom. The van der Waals surface area contributed by atoms with Gasteiger partial charge in [0.15, 0.2) is 0 Å². The molecule has 1 N–H and O–H groups in total. The molecule has 0 saturated carbocycles. The van der Waals surface area contributed by atoms with Gasteiger partial charge in [0.05, 0.1) is 0 Å². The van der Waals surface area contributed by atoms with Crippen LogP contribution < -0.4 is 10.2 Å².